The molecule has 24 heavy (non-hydrogen) atoms. The Hall–Kier alpha value is -1.01. The number of alkyl halides is 3. The molecule has 2 nitrogen and oxygen atoms in total. The zero-order chi connectivity index (χ0) is 17.4. The van der Waals surface area contributed by atoms with Crippen LogP contribution < -0.4 is 0 Å². The lowest BCUT2D eigenvalue weighted by Gasteiger charge is -2.69. The Labute approximate surface area is 140 Å². The van der Waals surface area contributed by atoms with E-state index in [0.717, 1.165) is 25.3 Å². The van der Waals surface area contributed by atoms with E-state index in [1.807, 2.05) is 0 Å². The van der Waals surface area contributed by atoms with Gasteiger partial charge in [-0.25, -0.2) is 0 Å². The van der Waals surface area contributed by atoms with Gasteiger partial charge in [-0.05, 0) is 49.1 Å². The fourth-order valence-corrected chi connectivity index (χ4v) is 5.24. The second-order valence-corrected chi connectivity index (χ2v) is 8.29. The fourth-order valence-electron chi connectivity index (χ4n) is 5.24. The molecule has 0 N–H and O–H groups in total. The lowest BCUT2D eigenvalue weighted by atomic mass is 9.41. The van der Waals surface area contributed by atoms with Crippen molar-refractivity contribution in [2.45, 2.75) is 63.7 Å². The number of benzene rings is 1. The predicted molar refractivity (Wildman–Crippen MR) is 85.3 cm³/mol. The molecule has 0 aromatic heterocycles. The molecule has 130 valence electrons. The summed E-state index contributed by atoms with van der Waals surface area (Å²) in [6, 6.07) is 5.45. The van der Waals surface area contributed by atoms with E-state index in [1.54, 1.807) is 6.07 Å². The van der Waals surface area contributed by atoms with E-state index in [-0.39, 0.29) is 16.6 Å². The highest BCUT2D eigenvalue weighted by molar-refractivity contribution is 6.45. The van der Waals surface area contributed by atoms with Crippen LogP contribution in [0, 0.1) is 11.3 Å². The summed E-state index contributed by atoms with van der Waals surface area (Å²) in [6.45, 7) is 6.57. The Balaban J connectivity index is 1.56. The number of hydrogen-bond acceptors (Lipinski definition) is 2. The first-order valence-electron chi connectivity index (χ1n) is 8.59. The molecule has 4 fully saturated rings. The Bertz CT molecular complexity index is 674. The van der Waals surface area contributed by atoms with Gasteiger partial charge in [0.1, 0.15) is 0 Å². The number of hydrogen-bond donors (Lipinski definition) is 0. The normalized spacial score (nSPS) is 37.1. The van der Waals surface area contributed by atoms with Crippen LogP contribution in [0.4, 0.5) is 13.2 Å². The van der Waals surface area contributed by atoms with Crippen LogP contribution in [0.5, 0.6) is 0 Å². The summed E-state index contributed by atoms with van der Waals surface area (Å²) in [5, 5.41) is 0. The highest BCUT2D eigenvalue weighted by atomic mass is 19.4. The van der Waals surface area contributed by atoms with Crippen molar-refractivity contribution >= 4 is 7.12 Å². The fraction of sp³-hybridized carbons (Fsp3) is 0.667. The standard InChI is InChI=1S/C18H22BF3O2/c1-15(2)14-7-8-16(3)17(15,10-14)24-19(23-16)11-12-5-4-6-13(9-12)18(20,21)22/h4-6,9,14H,7-8,10-11H2,1-3H3. The van der Waals surface area contributed by atoms with Gasteiger partial charge in [-0.1, -0.05) is 32.0 Å². The minimum Gasteiger partial charge on any atom is -0.403 e. The monoisotopic (exact) mass is 338 g/mol. The molecule has 3 unspecified atom stereocenters. The molecule has 1 aromatic carbocycles. The molecule has 1 aliphatic heterocycles. The summed E-state index contributed by atoms with van der Waals surface area (Å²) in [5.74, 6) is 0.654. The topological polar surface area (TPSA) is 18.5 Å². The summed E-state index contributed by atoms with van der Waals surface area (Å²) in [6.07, 6.45) is -0.891. The molecule has 2 bridgehead atoms. The molecule has 5 rings (SSSR count). The maximum absolute atomic E-state index is 12.9. The van der Waals surface area contributed by atoms with Crippen LogP contribution >= 0.6 is 0 Å². The first-order chi connectivity index (χ1) is 11.1. The van der Waals surface area contributed by atoms with Crippen molar-refractivity contribution < 1.29 is 22.5 Å². The van der Waals surface area contributed by atoms with Crippen molar-refractivity contribution in [3.05, 3.63) is 35.4 Å². The molecule has 1 heterocycles. The third kappa shape index (κ3) is 2.05. The average Bonchev–Trinajstić information content (AvgIpc) is 2.81. The molecule has 0 radical (unpaired) electrons. The molecule has 6 heteroatoms. The number of fused-ring (bicyclic) bond motifs is 1. The Morgan fingerprint density at radius 1 is 1.21 bits per heavy atom. The second kappa shape index (κ2) is 4.79. The second-order valence-electron chi connectivity index (χ2n) is 8.29. The Morgan fingerprint density at radius 2 is 1.96 bits per heavy atom. The van der Waals surface area contributed by atoms with Gasteiger partial charge < -0.3 is 9.31 Å². The van der Waals surface area contributed by atoms with Crippen molar-refractivity contribution in [2.75, 3.05) is 0 Å². The Morgan fingerprint density at radius 3 is 2.58 bits per heavy atom. The Kier molecular flexibility index (Phi) is 3.28. The van der Waals surface area contributed by atoms with E-state index in [0.29, 0.717) is 17.8 Å². The summed E-state index contributed by atoms with van der Waals surface area (Å²) < 4.78 is 51.3. The number of rotatable bonds is 2. The number of halogens is 3. The zero-order valence-electron chi connectivity index (χ0n) is 14.2. The van der Waals surface area contributed by atoms with Crippen LogP contribution in [0.3, 0.4) is 0 Å². The van der Waals surface area contributed by atoms with Gasteiger partial charge in [-0.2, -0.15) is 13.2 Å². The third-order valence-corrected chi connectivity index (χ3v) is 6.80. The molecule has 4 aliphatic rings. The van der Waals surface area contributed by atoms with E-state index in [1.165, 1.54) is 12.1 Å². The van der Waals surface area contributed by atoms with E-state index >= 15 is 0 Å². The first kappa shape index (κ1) is 16.5. The molecule has 0 amide bonds. The van der Waals surface area contributed by atoms with Gasteiger partial charge in [-0.15, -0.1) is 0 Å². The van der Waals surface area contributed by atoms with Crippen molar-refractivity contribution in [3.8, 4) is 0 Å². The van der Waals surface area contributed by atoms with E-state index in [2.05, 4.69) is 20.8 Å². The summed E-state index contributed by atoms with van der Waals surface area (Å²) in [4.78, 5) is 0. The zero-order valence-corrected chi connectivity index (χ0v) is 14.2. The maximum atomic E-state index is 12.9. The summed E-state index contributed by atoms with van der Waals surface area (Å²) >= 11 is 0. The third-order valence-electron chi connectivity index (χ3n) is 6.80. The van der Waals surface area contributed by atoms with Crippen molar-refractivity contribution in [2.24, 2.45) is 11.3 Å². The summed E-state index contributed by atoms with van der Waals surface area (Å²) in [5.41, 5.74) is -0.596. The van der Waals surface area contributed by atoms with Gasteiger partial charge >= 0.3 is 13.3 Å². The largest absolute Gasteiger partial charge is 0.462 e. The molecule has 1 aromatic rings. The maximum Gasteiger partial charge on any atom is 0.462 e. The van der Waals surface area contributed by atoms with Crippen LogP contribution in [-0.4, -0.2) is 18.3 Å². The van der Waals surface area contributed by atoms with E-state index < -0.39 is 18.9 Å². The van der Waals surface area contributed by atoms with Crippen LogP contribution in [0.25, 0.3) is 0 Å². The summed E-state index contributed by atoms with van der Waals surface area (Å²) in [7, 11) is -0.475. The van der Waals surface area contributed by atoms with Gasteiger partial charge in [0.15, 0.2) is 0 Å². The van der Waals surface area contributed by atoms with Crippen molar-refractivity contribution in [3.63, 3.8) is 0 Å². The van der Waals surface area contributed by atoms with Crippen LogP contribution in [0.2, 0.25) is 0 Å². The van der Waals surface area contributed by atoms with Crippen molar-refractivity contribution in [1.82, 2.24) is 0 Å². The van der Waals surface area contributed by atoms with E-state index in [4.69, 9.17) is 9.31 Å². The minimum atomic E-state index is -4.32. The highest BCUT2D eigenvalue weighted by Crippen LogP contribution is 2.70. The molecular formula is C18H22BF3O2. The molecular weight excluding hydrogens is 316 g/mol. The van der Waals surface area contributed by atoms with E-state index in [9.17, 15) is 13.2 Å². The SMILES string of the molecule is CC12CCC3CC1(OB(Cc1cccc(C(F)(F)F)c1)O2)C3(C)C. The lowest BCUT2D eigenvalue weighted by Crippen LogP contribution is -2.73. The van der Waals surface area contributed by atoms with Crippen LogP contribution in [-0.2, 0) is 21.8 Å². The van der Waals surface area contributed by atoms with Gasteiger partial charge in [0.25, 0.3) is 0 Å². The average molecular weight is 338 g/mol. The predicted octanol–water partition coefficient (Wildman–Crippen LogP) is 4.66. The van der Waals surface area contributed by atoms with Crippen molar-refractivity contribution in [1.29, 1.82) is 0 Å². The molecule has 3 atom stereocenters. The highest BCUT2D eigenvalue weighted by Gasteiger charge is 2.75. The molecule has 1 spiro atoms. The molecule has 1 saturated heterocycles. The molecule has 3 aliphatic carbocycles. The van der Waals surface area contributed by atoms with Gasteiger partial charge in [0.05, 0.1) is 16.8 Å². The van der Waals surface area contributed by atoms with Gasteiger partial charge in [-0.3, -0.25) is 0 Å². The lowest BCUT2D eigenvalue weighted by molar-refractivity contribution is -0.257. The molecule has 3 saturated carbocycles. The first-order valence-corrected chi connectivity index (χ1v) is 8.59. The smallest absolute Gasteiger partial charge is 0.403 e. The van der Waals surface area contributed by atoms with Crippen LogP contribution in [0.1, 0.15) is 51.2 Å². The minimum absolute atomic E-state index is 0.0581. The van der Waals surface area contributed by atoms with Crippen LogP contribution in [0.15, 0.2) is 24.3 Å². The van der Waals surface area contributed by atoms with Gasteiger partial charge in [0.2, 0.25) is 0 Å². The quantitative estimate of drug-likeness (QED) is 0.730. The van der Waals surface area contributed by atoms with Gasteiger partial charge in [0, 0.05) is 6.32 Å².